The zero-order valence-corrected chi connectivity index (χ0v) is 11.8. The molecule has 16 heavy (non-hydrogen) atoms. The molecule has 0 unspecified atom stereocenters. The molecule has 2 aromatic heterocycles. The molecule has 0 atom stereocenters. The van der Waals surface area contributed by atoms with Gasteiger partial charge >= 0.3 is 0 Å². The van der Waals surface area contributed by atoms with Crippen molar-refractivity contribution < 1.29 is 0 Å². The number of pyridine rings is 1. The van der Waals surface area contributed by atoms with E-state index in [4.69, 9.17) is 0 Å². The lowest BCUT2D eigenvalue weighted by Gasteiger charge is -2.17. The van der Waals surface area contributed by atoms with Gasteiger partial charge in [0.25, 0.3) is 0 Å². The predicted octanol–water partition coefficient (Wildman–Crippen LogP) is 3.75. The summed E-state index contributed by atoms with van der Waals surface area (Å²) in [6.45, 7) is 7.16. The summed E-state index contributed by atoms with van der Waals surface area (Å²) in [6, 6.07) is 11.9. The first-order valence-electron chi connectivity index (χ1n) is 5.65. The van der Waals surface area contributed by atoms with Crippen LogP contribution in [-0.4, -0.2) is 13.1 Å². The Balaban J connectivity index is 2.34. The van der Waals surface area contributed by atoms with Crippen LogP contribution in [-0.2, 0) is 0 Å². The van der Waals surface area contributed by atoms with Gasteiger partial charge in [0, 0.05) is 6.20 Å². The first kappa shape index (κ1) is 11.5. The monoisotopic (exact) mass is 247 g/mol. The molecule has 1 nitrogen and oxygen atoms in total. The molecular weight excluding hydrogens is 230 g/mol. The number of aromatic nitrogens is 1. The van der Waals surface area contributed by atoms with E-state index in [1.54, 1.807) is 4.50 Å². The van der Waals surface area contributed by atoms with E-state index in [2.05, 4.69) is 43.2 Å². The molecular formula is C13H17NSSi. The van der Waals surface area contributed by atoms with Crippen LogP contribution in [0.1, 0.15) is 6.92 Å². The zero-order valence-electron chi connectivity index (χ0n) is 10.0. The van der Waals surface area contributed by atoms with E-state index >= 15 is 0 Å². The fourth-order valence-electron chi connectivity index (χ4n) is 1.52. The fraction of sp³-hybridized carbons (Fsp3) is 0.308. The minimum absolute atomic E-state index is 1.10. The molecule has 0 aliphatic carbocycles. The molecule has 0 spiro atoms. The molecule has 0 aliphatic rings. The molecule has 0 saturated carbocycles. The Labute approximate surface area is 102 Å². The van der Waals surface area contributed by atoms with Crippen molar-refractivity contribution in [2.24, 2.45) is 0 Å². The van der Waals surface area contributed by atoms with Crippen LogP contribution in [0.3, 0.4) is 0 Å². The summed E-state index contributed by atoms with van der Waals surface area (Å²) in [5.41, 5.74) is 1.10. The maximum atomic E-state index is 4.40. The minimum Gasteiger partial charge on any atom is -0.255 e. The van der Waals surface area contributed by atoms with Crippen molar-refractivity contribution in [3.63, 3.8) is 0 Å². The van der Waals surface area contributed by atoms with Gasteiger partial charge < -0.3 is 0 Å². The highest BCUT2D eigenvalue weighted by atomic mass is 32.1. The van der Waals surface area contributed by atoms with Gasteiger partial charge in [-0.25, -0.2) is 0 Å². The average molecular weight is 247 g/mol. The molecule has 0 aliphatic heterocycles. The number of thiophene rings is 1. The van der Waals surface area contributed by atoms with Gasteiger partial charge in [-0.3, -0.25) is 4.98 Å². The molecule has 3 heteroatoms. The average Bonchev–Trinajstić information content (AvgIpc) is 2.80. The standard InChI is InChI=1S/C13H17NSSi/c1-4-16(2,3)13-9-8-12(15-13)11-7-5-6-10-14-11/h5-10H,4H2,1-3H3. The van der Waals surface area contributed by atoms with Crippen LogP contribution in [0.2, 0.25) is 19.1 Å². The quantitative estimate of drug-likeness (QED) is 0.753. The fourth-order valence-corrected chi connectivity index (χ4v) is 5.01. The Morgan fingerprint density at radius 1 is 1.19 bits per heavy atom. The normalized spacial score (nSPS) is 11.7. The smallest absolute Gasteiger partial charge is 0.0932 e. The summed E-state index contributed by atoms with van der Waals surface area (Å²) in [5, 5.41) is 0. The highest BCUT2D eigenvalue weighted by Gasteiger charge is 2.23. The van der Waals surface area contributed by atoms with E-state index < -0.39 is 8.07 Å². The molecule has 2 aromatic rings. The molecule has 0 bridgehead atoms. The summed E-state index contributed by atoms with van der Waals surface area (Å²) in [7, 11) is -1.17. The Morgan fingerprint density at radius 2 is 2.00 bits per heavy atom. The van der Waals surface area contributed by atoms with Crippen LogP contribution >= 0.6 is 11.3 Å². The maximum absolute atomic E-state index is 4.40. The van der Waals surface area contributed by atoms with Crippen molar-refractivity contribution in [1.82, 2.24) is 4.98 Å². The number of hydrogen-bond acceptors (Lipinski definition) is 2. The third-order valence-electron chi connectivity index (χ3n) is 3.07. The number of nitrogens with zero attached hydrogens (tertiary/aromatic N) is 1. The van der Waals surface area contributed by atoms with Crippen molar-refractivity contribution >= 4 is 23.9 Å². The molecule has 2 heterocycles. The van der Waals surface area contributed by atoms with Crippen LogP contribution < -0.4 is 4.50 Å². The lowest BCUT2D eigenvalue weighted by atomic mass is 10.3. The first-order valence-corrected chi connectivity index (χ1v) is 9.67. The van der Waals surface area contributed by atoms with Crippen LogP contribution in [0, 0.1) is 0 Å². The number of rotatable bonds is 3. The van der Waals surface area contributed by atoms with Gasteiger partial charge in [0.15, 0.2) is 0 Å². The van der Waals surface area contributed by atoms with Crippen molar-refractivity contribution in [2.45, 2.75) is 26.1 Å². The Morgan fingerprint density at radius 3 is 2.62 bits per heavy atom. The molecule has 2 rings (SSSR count). The molecule has 0 fully saturated rings. The van der Waals surface area contributed by atoms with Crippen molar-refractivity contribution in [2.75, 3.05) is 0 Å². The van der Waals surface area contributed by atoms with Gasteiger partial charge in [-0.05, 0) is 22.7 Å². The van der Waals surface area contributed by atoms with E-state index in [1.165, 1.54) is 10.9 Å². The minimum atomic E-state index is -1.17. The van der Waals surface area contributed by atoms with Crippen molar-refractivity contribution in [3.05, 3.63) is 36.5 Å². The molecule has 0 radical (unpaired) electrons. The van der Waals surface area contributed by atoms with E-state index in [1.807, 2.05) is 29.7 Å². The number of hydrogen-bond donors (Lipinski definition) is 0. The SMILES string of the molecule is CC[Si](C)(C)c1ccc(-c2ccccn2)s1. The van der Waals surface area contributed by atoms with Gasteiger partial charge in [-0.15, -0.1) is 11.3 Å². The van der Waals surface area contributed by atoms with Crippen LogP contribution in [0.5, 0.6) is 0 Å². The highest BCUT2D eigenvalue weighted by Crippen LogP contribution is 2.24. The molecule has 84 valence electrons. The van der Waals surface area contributed by atoms with Crippen molar-refractivity contribution in [3.8, 4) is 10.6 Å². The summed E-state index contributed by atoms with van der Waals surface area (Å²) in [5.74, 6) is 0. The molecule has 0 amide bonds. The summed E-state index contributed by atoms with van der Waals surface area (Å²) >= 11 is 1.92. The van der Waals surface area contributed by atoms with Gasteiger partial charge in [-0.2, -0.15) is 0 Å². The molecule has 0 aromatic carbocycles. The van der Waals surface area contributed by atoms with E-state index in [-0.39, 0.29) is 0 Å². The summed E-state index contributed by atoms with van der Waals surface area (Å²) < 4.78 is 1.58. The lowest BCUT2D eigenvalue weighted by molar-refractivity contribution is 1.34. The summed E-state index contributed by atoms with van der Waals surface area (Å²) in [6.07, 6.45) is 1.86. The predicted molar refractivity (Wildman–Crippen MR) is 75.1 cm³/mol. The summed E-state index contributed by atoms with van der Waals surface area (Å²) in [4.78, 5) is 5.69. The highest BCUT2D eigenvalue weighted by molar-refractivity contribution is 7.28. The second kappa shape index (κ2) is 4.51. The largest absolute Gasteiger partial charge is 0.255 e. The van der Waals surface area contributed by atoms with Gasteiger partial charge in [0.2, 0.25) is 0 Å². The molecule has 0 saturated heterocycles. The molecule has 0 N–H and O–H groups in total. The Kier molecular flexibility index (Phi) is 3.26. The van der Waals surface area contributed by atoms with Crippen LogP contribution in [0.15, 0.2) is 36.5 Å². The third-order valence-corrected chi connectivity index (χ3v) is 9.23. The second-order valence-electron chi connectivity index (χ2n) is 4.62. The first-order chi connectivity index (χ1) is 7.63. The zero-order chi connectivity index (χ0) is 11.6. The Hall–Kier alpha value is -0.933. The van der Waals surface area contributed by atoms with E-state index in [9.17, 15) is 0 Å². The lowest BCUT2D eigenvalue weighted by Crippen LogP contribution is -2.37. The maximum Gasteiger partial charge on any atom is 0.0932 e. The van der Waals surface area contributed by atoms with Gasteiger partial charge in [0.1, 0.15) is 0 Å². The van der Waals surface area contributed by atoms with Gasteiger partial charge in [0.05, 0.1) is 18.6 Å². The van der Waals surface area contributed by atoms with Crippen LogP contribution in [0.25, 0.3) is 10.6 Å². The van der Waals surface area contributed by atoms with Gasteiger partial charge in [-0.1, -0.05) is 38.2 Å². The van der Waals surface area contributed by atoms with Crippen molar-refractivity contribution in [1.29, 1.82) is 0 Å². The topological polar surface area (TPSA) is 12.9 Å². The third kappa shape index (κ3) is 2.25. The van der Waals surface area contributed by atoms with Crippen LogP contribution in [0.4, 0.5) is 0 Å². The van der Waals surface area contributed by atoms with E-state index in [0.29, 0.717) is 0 Å². The Bertz CT molecular complexity index is 462. The van der Waals surface area contributed by atoms with E-state index in [0.717, 1.165) is 5.69 Å². The second-order valence-corrected chi connectivity index (χ2v) is 11.1.